The molecule has 1 aromatic heterocycles. The zero-order valence-electron chi connectivity index (χ0n) is 13.2. The van der Waals surface area contributed by atoms with Gasteiger partial charge in [-0.15, -0.1) is 0 Å². The molecule has 1 heterocycles. The lowest BCUT2D eigenvalue weighted by Gasteiger charge is -2.36. The number of hydrogen-bond acceptors (Lipinski definition) is 3. The van der Waals surface area contributed by atoms with Crippen molar-refractivity contribution in [3.05, 3.63) is 26.3 Å². The topological polar surface area (TPSA) is 55.0 Å². The van der Waals surface area contributed by atoms with Gasteiger partial charge in [0.05, 0.1) is 5.69 Å². The van der Waals surface area contributed by atoms with Crippen LogP contribution in [0.15, 0.2) is 9.27 Å². The Morgan fingerprint density at radius 3 is 2.57 bits per heavy atom. The second-order valence-corrected chi connectivity index (χ2v) is 7.05. The maximum absolute atomic E-state index is 12.2. The first-order valence-electron chi connectivity index (χ1n) is 7.91. The van der Waals surface area contributed by atoms with Crippen molar-refractivity contribution < 1.29 is 4.74 Å². The van der Waals surface area contributed by atoms with Crippen molar-refractivity contribution in [3.8, 4) is 0 Å². The van der Waals surface area contributed by atoms with Gasteiger partial charge in [-0.25, -0.2) is 4.98 Å². The van der Waals surface area contributed by atoms with Crippen molar-refractivity contribution in [1.29, 1.82) is 0 Å². The number of nitrogens with zero attached hydrogens (tertiary/aromatic N) is 1. The average Bonchev–Trinajstić information content (AvgIpc) is 2.44. The molecule has 0 atom stereocenters. The zero-order valence-corrected chi connectivity index (χ0v) is 14.8. The van der Waals surface area contributed by atoms with Crippen molar-refractivity contribution in [3.63, 3.8) is 0 Å². The van der Waals surface area contributed by atoms with Gasteiger partial charge in [0.2, 0.25) is 0 Å². The Morgan fingerprint density at radius 1 is 1.33 bits per heavy atom. The van der Waals surface area contributed by atoms with Gasteiger partial charge in [0.1, 0.15) is 15.9 Å². The summed E-state index contributed by atoms with van der Waals surface area (Å²) in [5.74, 6) is 1.17. The quantitative estimate of drug-likeness (QED) is 0.869. The van der Waals surface area contributed by atoms with E-state index in [1.165, 1.54) is 6.42 Å². The summed E-state index contributed by atoms with van der Waals surface area (Å²) in [6, 6.07) is 0. The summed E-state index contributed by atoms with van der Waals surface area (Å²) in [5.41, 5.74) is 0.340. The van der Waals surface area contributed by atoms with Crippen molar-refractivity contribution in [2.45, 2.75) is 64.9 Å². The first-order valence-corrected chi connectivity index (χ1v) is 8.71. The maximum atomic E-state index is 12.2. The van der Waals surface area contributed by atoms with Gasteiger partial charge in [-0.3, -0.25) is 4.79 Å². The summed E-state index contributed by atoms with van der Waals surface area (Å²) < 4.78 is 6.62. The Balaban J connectivity index is 2.45. The van der Waals surface area contributed by atoms with E-state index in [2.05, 4.69) is 34.8 Å². The molecule has 1 aliphatic rings. The smallest absolute Gasteiger partial charge is 0.265 e. The molecule has 0 spiro atoms. The molecule has 1 aliphatic carbocycles. The van der Waals surface area contributed by atoms with Crippen LogP contribution in [-0.4, -0.2) is 16.6 Å². The Morgan fingerprint density at radius 2 is 2.00 bits per heavy atom. The minimum Gasteiger partial charge on any atom is -0.367 e. The fourth-order valence-electron chi connectivity index (χ4n) is 3.09. The molecule has 0 unspecified atom stereocenters. The highest BCUT2D eigenvalue weighted by molar-refractivity contribution is 9.10. The van der Waals surface area contributed by atoms with Crippen LogP contribution < -0.4 is 5.56 Å². The second-order valence-electron chi connectivity index (χ2n) is 6.26. The number of halogens is 1. The first kappa shape index (κ1) is 16.7. The van der Waals surface area contributed by atoms with Crippen molar-refractivity contribution >= 4 is 15.9 Å². The zero-order chi connectivity index (χ0) is 15.5. The summed E-state index contributed by atoms with van der Waals surface area (Å²) in [6.45, 7) is 6.91. The molecule has 0 aliphatic heterocycles. The molecule has 21 heavy (non-hydrogen) atoms. The van der Waals surface area contributed by atoms with E-state index >= 15 is 0 Å². The molecule has 118 valence electrons. The third-order valence-electron chi connectivity index (χ3n) is 4.05. The Labute approximate surface area is 134 Å². The Hall–Kier alpha value is -0.680. The van der Waals surface area contributed by atoms with Gasteiger partial charge in [0.25, 0.3) is 5.56 Å². The molecule has 0 amide bonds. The SMILES string of the molecule is CCOC1(c2nc(CC(C)C)c(Br)c(=O)[nH]2)CCCCC1. The minimum absolute atomic E-state index is 0.0969. The molecule has 1 N–H and O–H groups in total. The average molecular weight is 357 g/mol. The van der Waals surface area contributed by atoms with Gasteiger partial charge < -0.3 is 9.72 Å². The number of ether oxygens (including phenoxy) is 1. The van der Waals surface area contributed by atoms with Crippen LogP contribution in [-0.2, 0) is 16.8 Å². The molecular formula is C16H25BrN2O2. The van der Waals surface area contributed by atoms with Crippen molar-refractivity contribution in [1.82, 2.24) is 9.97 Å². The normalized spacial score (nSPS) is 18.1. The third-order valence-corrected chi connectivity index (χ3v) is 4.86. The summed E-state index contributed by atoms with van der Waals surface area (Å²) >= 11 is 3.38. The highest BCUT2D eigenvalue weighted by atomic mass is 79.9. The number of aromatic nitrogens is 2. The Kier molecular flexibility index (Phi) is 5.60. The molecule has 0 radical (unpaired) electrons. The highest BCUT2D eigenvalue weighted by Crippen LogP contribution is 2.38. The molecule has 1 aromatic rings. The van der Waals surface area contributed by atoms with Crippen LogP contribution in [0.3, 0.4) is 0 Å². The van der Waals surface area contributed by atoms with Crippen molar-refractivity contribution in [2.75, 3.05) is 6.61 Å². The molecule has 0 aromatic carbocycles. The molecule has 4 nitrogen and oxygen atoms in total. The van der Waals surface area contributed by atoms with Crippen LogP contribution in [0.4, 0.5) is 0 Å². The summed E-state index contributed by atoms with van der Waals surface area (Å²) in [5, 5.41) is 0. The van der Waals surface area contributed by atoms with E-state index < -0.39 is 5.60 Å². The van der Waals surface area contributed by atoms with Gasteiger partial charge in [0.15, 0.2) is 0 Å². The standard InChI is InChI=1S/C16H25BrN2O2/c1-4-21-16(8-6-5-7-9-16)15-18-12(10-11(2)3)13(17)14(20)19-15/h11H,4-10H2,1-3H3,(H,18,19,20). The summed E-state index contributed by atoms with van der Waals surface area (Å²) in [4.78, 5) is 19.9. The van der Waals surface area contributed by atoms with Gasteiger partial charge in [-0.05, 0) is 48.0 Å². The van der Waals surface area contributed by atoms with Gasteiger partial charge in [0, 0.05) is 6.61 Å². The third kappa shape index (κ3) is 3.75. The van der Waals surface area contributed by atoms with Crippen molar-refractivity contribution in [2.24, 2.45) is 5.92 Å². The summed E-state index contributed by atoms with van der Waals surface area (Å²) in [6.07, 6.45) is 6.14. The molecule has 0 saturated heterocycles. The Bertz CT molecular complexity index is 528. The lowest BCUT2D eigenvalue weighted by atomic mass is 9.83. The largest absolute Gasteiger partial charge is 0.367 e. The lowest BCUT2D eigenvalue weighted by molar-refractivity contribution is -0.0770. The van der Waals surface area contributed by atoms with E-state index in [0.717, 1.165) is 37.8 Å². The fourth-order valence-corrected chi connectivity index (χ4v) is 3.44. The molecule has 2 rings (SSSR count). The molecule has 1 saturated carbocycles. The van der Waals surface area contributed by atoms with Gasteiger partial charge in [-0.2, -0.15) is 0 Å². The fraction of sp³-hybridized carbons (Fsp3) is 0.750. The maximum Gasteiger partial charge on any atom is 0.265 e. The van der Waals surface area contributed by atoms with Crippen LogP contribution in [0.5, 0.6) is 0 Å². The van der Waals surface area contributed by atoms with E-state index in [1.807, 2.05) is 6.92 Å². The minimum atomic E-state index is -0.404. The highest BCUT2D eigenvalue weighted by Gasteiger charge is 2.37. The predicted octanol–water partition coefficient (Wildman–Crippen LogP) is 3.93. The molecule has 1 fully saturated rings. The number of hydrogen-bond donors (Lipinski definition) is 1. The van der Waals surface area contributed by atoms with Crippen LogP contribution in [0, 0.1) is 5.92 Å². The van der Waals surface area contributed by atoms with E-state index in [0.29, 0.717) is 22.8 Å². The van der Waals surface area contributed by atoms with E-state index in [1.54, 1.807) is 0 Å². The monoisotopic (exact) mass is 356 g/mol. The van der Waals surface area contributed by atoms with Crippen LogP contribution in [0.1, 0.15) is 64.4 Å². The van der Waals surface area contributed by atoms with E-state index in [4.69, 9.17) is 9.72 Å². The summed E-state index contributed by atoms with van der Waals surface area (Å²) in [7, 11) is 0. The number of aromatic amines is 1. The molecule has 5 heteroatoms. The van der Waals surface area contributed by atoms with E-state index in [9.17, 15) is 4.79 Å². The van der Waals surface area contributed by atoms with Gasteiger partial charge in [-0.1, -0.05) is 33.1 Å². The van der Waals surface area contributed by atoms with E-state index in [-0.39, 0.29) is 5.56 Å². The van der Waals surface area contributed by atoms with Crippen LogP contribution >= 0.6 is 15.9 Å². The molecular weight excluding hydrogens is 332 g/mol. The second kappa shape index (κ2) is 7.05. The first-order chi connectivity index (χ1) is 9.98. The number of rotatable bonds is 5. The van der Waals surface area contributed by atoms with Crippen LogP contribution in [0.2, 0.25) is 0 Å². The van der Waals surface area contributed by atoms with Gasteiger partial charge >= 0.3 is 0 Å². The predicted molar refractivity (Wildman–Crippen MR) is 87.5 cm³/mol. The van der Waals surface area contributed by atoms with Crippen LogP contribution in [0.25, 0.3) is 0 Å². The molecule has 0 bridgehead atoms. The number of H-pyrrole nitrogens is 1. The number of nitrogens with one attached hydrogen (secondary N) is 1. The lowest BCUT2D eigenvalue weighted by Crippen LogP contribution is -2.37.